The van der Waals surface area contributed by atoms with Gasteiger partial charge in [-0.15, -0.1) is 11.3 Å². The lowest BCUT2D eigenvalue weighted by atomic mass is 10.1. The molecule has 0 spiro atoms. The lowest BCUT2D eigenvalue weighted by Gasteiger charge is -2.17. The molecule has 0 bridgehead atoms. The Labute approximate surface area is 164 Å². The van der Waals surface area contributed by atoms with Crippen molar-refractivity contribution in [3.05, 3.63) is 52.5 Å². The van der Waals surface area contributed by atoms with E-state index in [1.54, 1.807) is 16.3 Å². The van der Waals surface area contributed by atoms with E-state index >= 15 is 0 Å². The summed E-state index contributed by atoms with van der Waals surface area (Å²) >= 11 is 7.62. The molecule has 1 amide bonds. The summed E-state index contributed by atoms with van der Waals surface area (Å²) in [6.45, 7) is 0.516. The number of carbonyl (C=O) groups is 2. The van der Waals surface area contributed by atoms with Gasteiger partial charge >= 0.3 is 5.97 Å². The largest absolute Gasteiger partial charge is 0.465 e. The average Bonchev–Trinajstić information content (AvgIpc) is 3.28. The lowest BCUT2D eigenvalue weighted by molar-refractivity contribution is -0.117. The maximum Gasteiger partial charge on any atom is 0.340 e. The minimum absolute atomic E-state index is 0.103. The molecule has 3 heterocycles. The Kier molecular flexibility index (Phi) is 4.72. The van der Waals surface area contributed by atoms with E-state index in [2.05, 4.69) is 10.3 Å². The molecule has 2 aromatic heterocycles. The second-order valence-corrected chi connectivity index (χ2v) is 7.38. The fraction of sp³-hybridized carbons (Fsp3) is 0.211. The van der Waals surface area contributed by atoms with Crippen LogP contribution < -0.4 is 10.2 Å². The van der Waals surface area contributed by atoms with Crippen molar-refractivity contribution in [3.8, 4) is 0 Å². The van der Waals surface area contributed by atoms with Gasteiger partial charge in [-0.25, -0.2) is 9.78 Å². The third-order valence-electron chi connectivity index (χ3n) is 4.52. The van der Waals surface area contributed by atoms with Crippen molar-refractivity contribution in [2.45, 2.75) is 12.5 Å². The number of amides is 1. The van der Waals surface area contributed by atoms with E-state index in [4.69, 9.17) is 16.3 Å². The molecule has 1 unspecified atom stereocenters. The van der Waals surface area contributed by atoms with Crippen LogP contribution >= 0.6 is 22.9 Å². The Hall–Kier alpha value is -2.64. The third kappa shape index (κ3) is 3.24. The zero-order valence-corrected chi connectivity index (χ0v) is 16.0. The van der Waals surface area contributed by atoms with Crippen molar-refractivity contribution in [1.29, 1.82) is 0 Å². The van der Waals surface area contributed by atoms with E-state index < -0.39 is 12.0 Å². The van der Waals surface area contributed by atoms with Crippen LogP contribution in [0.2, 0.25) is 5.15 Å². The number of rotatable bonds is 4. The first-order valence-corrected chi connectivity index (χ1v) is 9.63. The number of nitrogens with zero attached hydrogens (tertiary/aromatic N) is 2. The van der Waals surface area contributed by atoms with Gasteiger partial charge in [0.1, 0.15) is 22.0 Å². The number of aromatic nitrogens is 1. The minimum Gasteiger partial charge on any atom is -0.465 e. The van der Waals surface area contributed by atoms with Gasteiger partial charge in [-0.2, -0.15) is 0 Å². The standard InChI is InChI=1S/C19H16ClN3O3S/c1-26-19(25)13-7-9-27-18(13)23-8-6-14(17(23)24)21-15-10-11-4-2-3-5-12(11)16(20)22-15/h2-5,7,9-10,14H,6,8H2,1H3,(H,21,22). The number of pyridine rings is 1. The summed E-state index contributed by atoms with van der Waals surface area (Å²) in [7, 11) is 1.33. The van der Waals surface area contributed by atoms with Crippen molar-refractivity contribution >= 4 is 56.4 Å². The third-order valence-corrected chi connectivity index (χ3v) is 5.74. The highest BCUT2D eigenvalue weighted by atomic mass is 35.5. The zero-order valence-electron chi connectivity index (χ0n) is 14.4. The maximum atomic E-state index is 12.9. The normalized spacial score (nSPS) is 16.7. The van der Waals surface area contributed by atoms with Crippen LogP contribution in [0.3, 0.4) is 0 Å². The van der Waals surface area contributed by atoms with Gasteiger partial charge in [-0.3, -0.25) is 4.79 Å². The Morgan fingerprint density at radius 3 is 3.00 bits per heavy atom. The van der Waals surface area contributed by atoms with Crippen LogP contribution in [-0.4, -0.2) is 36.6 Å². The summed E-state index contributed by atoms with van der Waals surface area (Å²) < 4.78 is 4.80. The zero-order chi connectivity index (χ0) is 19.0. The molecule has 1 aliphatic rings. The molecule has 27 heavy (non-hydrogen) atoms. The van der Waals surface area contributed by atoms with Gasteiger partial charge in [0.05, 0.1) is 12.7 Å². The molecule has 6 nitrogen and oxygen atoms in total. The Bertz CT molecular complexity index is 1040. The number of halogens is 1. The SMILES string of the molecule is COC(=O)c1ccsc1N1CCC(Nc2cc3ccccc3c(Cl)n2)C1=O. The molecule has 1 fully saturated rings. The smallest absolute Gasteiger partial charge is 0.340 e. The summed E-state index contributed by atoms with van der Waals surface area (Å²) in [4.78, 5) is 30.8. The van der Waals surface area contributed by atoms with E-state index in [1.165, 1.54) is 18.4 Å². The van der Waals surface area contributed by atoms with E-state index in [1.807, 2.05) is 30.3 Å². The molecule has 1 aromatic carbocycles. The molecule has 0 radical (unpaired) electrons. The van der Waals surface area contributed by atoms with E-state index in [0.717, 1.165) is 10.8 Å². The second-order valence-electron chi connectivity index (χ2n) is 6.13. The van der Waals surface area contributed by atoms with Gasteiger partial charge in [0.15, 0.2) is 0 Å². The number of anilines is 2. The number of carbonyl (C=O) groups excluding carboxylic acids is 2. The molecule has 0 saturated carbocycles. The number of thiophene rings is 1. The topological polar surface area (TPSA) is 71.5 Å². The monoisotopic (exact) mass is 401 g/mol. The quantitative estimate of drug-likeness (QED) is 0.529. The van der Waals surface area contributed by atoms with Crippen molar-refractivity contribution < 1.29 is 14.3 Å². The van der Waals surface area contributed by atoms with E-state index in [-0.39, 0.29) is 5.91 Å². The summed E-state index contributed by atoms with van der Waals surface area (Å²) in [6, 6.07) is 10.8. The van der Waals surface area contributed by atoms with Gasteiger partial charge < -0.3 is 15.0 Å². The average molecular weight is 402 g/mol. The highest BCUT2D eigenvalue weighted by molar-refractivity contribution is 7.14. The van der Waals surface area contributed by atoms with Crippen molar-refractivity contribution in [2.24, 2.45) is 0 Å². The maximum absolute atomic E-state index is 12.9. The summed E-state index contributed by atoms with van der Waals surface area (Å²) in [6.07, 6.45) is 0.601. The van der Waals surface area contributed by atoms with Crippen LogP contribution in [0, 0.1) is 0 Å². The molecule has 8 heteroatoms. The summed E-state index contributed by atoms with van der Waals surface area (Å²) in [5, 5.41) is 7.78. The Morgan fingerprint density at radius 2 is 2.19 bits per heavy atom. The van der Waals surface area contributed by atoms with E-state index in [0.29, 0.717) is 34.5 Å². The Balaban J connectivity index is 1.56. The fourth-order valence-corrected chi connectivity index (χ4v) is 4.38. The number of hydrogen-bond donors (Lipinski definition) is 1. The molecule has 1 atom stereocenters. The van der Waals surface area contributed by atoms with Crippen LogP contribution in [0.5, 0.6) is 0 Å². The molecule has 1 aliphatic heterocycles. The molecular weight excluding hydrogens is 386 g/mol. The predicted molar refractivity (Wildman–Crippen MR) is 107 cm³/mol. The van der Waals surface area contributed by atoms with Crippen LogP contribution in [0.25, 0.3) is 10.8 Å². The number of benzene rings is 1. The molecular formula is C19H16ClN3O3S. The van der Waals surface area contributed by atoms with Crippen molar-refractivity contribution in [3.63, 3.8) is 0 Å². The van der Waals surface area contributed by atoms with Crippen LogP contribution in [0.15, 0.2) is 41.8 Å². The fourth-order valence-electron chi connectivity index (χ4n) is 3.20. The molecule has 1 N–H and O–H groups in total. The van der Waals surface area contributed by atoms with Gasteiger partial charge in [-0.1, -0.05) is 35.9 Å². The molecule has 0 aliphatic carbocycles. The number of methoxy groups -OCH3 is 1. The van der Waals surface area contributed by atoms with Crippen molar-refractivity contribution in [2.75, 3.05) is 23.9 Å². The predicted octanol–water partition coefficient (Wildman–Crippen LogP) is 3.95. The molecule has 138 valence electrons. The molecule has 3 aromatic rings. The van der Waals surface area contributed by atoms with Gasteiger partial charge in [0.2, 0.25) is 5.91 Å². The van der Waals surface area contributed by atoms with Crippen LogP contribution in [0.4, 0.5) is 10.8 Å². The number of fused-ring (bicyclic) bond motifs is 1. The first-order valence-electron chi connectivity index (χ1n) is 8.37. The second kappa shape index (κ2) is 7.17. The van der Waals surface area contributed by atoms with Crippen molar-refractivity contribution in [1.82, 2.24) is 4.98 Å². The van der Waals surface area contributed by atoms with Crippen LogP contribution in [0.1, 0.15) is 16.8 Å². The van der Waals surface area contributed by atoms with Gasteiger partial charge in [-0.05, 0) is 29.3 Å². The number of nitrogens with one attached hydrogen (secondary N) is 1. The van der Waals surface area contributed by atoms with E-state index in [9.17, 15) is 9.59 Å². The summed E-state index contributed by atoms with van der Waals surface area (Å²) in [5.41, 5.74) is 0.406. The first kappa shape index (κ1) is 17.8. The Morgan fingerprint density at radius 1 is 1.37 bits per heavy atom. The van der Waals surface area contributed by atoms with Crippen LogP contribution in [-0.2, 0) is 9.53 Å². The number of esters is 1. The number of ether oxygens (including phenoxy) is 1. The first-order chi connectivity index (χ1) is 13.1. The highest BCUT2D eigenvalue weighted by Gasteiger charge is 2.35. The van der Waals surface area contributed by atoms with Gasteiger partial charge in [0, 0.05) is 11.9 Å². The highest BCUT2D eigenvalue weighted by Crippen LogP contribution is 2.33. The molecule has 1 saturated heterocycles. The van der Waals surface area contributed by atoms with Gasteiger partial charge in [0.25, 0.3) is 0 Å². The number of hydrogen-bond acceptors (Lipinski definition) is 6. The summed E-state index contributed by atoms with van der Waals surface area (Å²) in [5.74, 6) is 0.00499. The lowest BCUT2D eigenvalue weighted by Crippen LogP contribution is -2.34. The molecule has 4 rings (SSSR count). The minimum atomic E-state index is -0.446.